The first kappa shape index (κ1) is 18.4. The lowest BCUT2D eigenvalue weighted by Crippen LogP contribution is -2.37. The fourth-order valence-corrected chi connectivity index (χ4v) is 4.64. The van der Waals surface area contributed by atoms with E-state index in [1.54, 1.807) is 0 Å². The van der Waals surface area contributed by atoms with Crippen molar-refractivity contribution in [3.05, 3.63) is 48.3 Å². The summed E-state index contributed by atoms with van der Waals surface area (Å²) in [5.74, 6) is 0.970. The molecular weight excluding hydrogens is 362 g/mol. The third kappa shape index (κ3) is 3.24. The molecule has 1 aliphatic heterocycles. The van der Waals surface area contributed by atoms with Gasteiger partial charge in [-0.1, -0.05) is 6.07 Å². The lowest BCUT2D eigenvalue weighted by molar-refractivity contribution is 0.0358. The zero-order valence-corrected chi connectivity index (χ0v) is 17.1. The number of fused-ring (bicyclic) bond motifs is 4. The molecule has 0 radical (unpaired) electrons. The second-order valence-corrected chi connectivity index (χ2v) is 7.86. The molecule has 0 unspecified atom stereocenters. The summed E-state index contributed by atoms with van der Waals surface area (Å²) in [6.45, 7) is 7.73. The van der Waals surface area contributed by atoms with Crippen molar-refractivity contribution in [1.29, 1.82) is 0 Å². The Bertz CT molecular complexity index is 1180. The highest BCUT2D eigenvalue weighted by atomic mass is 16.5. The van der Waals surface area contributed by atoms with Crippen LogP contribution in [0.5, 0.6) is 5.75 Å². The second kappa shape index (κ2) is 7.65. The van der Waals surface area contributed by atoms with E-state index in [-0.39, 0.29) is 0 Å². The molecule has 0 aliphatic carbocycles. The minimum absolute atomic E-state index is 0.723. The molecule has 5 heteroatoms. The molecule has 0 spiro atoms. The van der Waals surface area contributed by atoms with Crippen LogP contribution in [0, 0.1) is 6.92 Å². The van der Waals surface area contributed by atoms with E-state index in [0.717, 1.165) is 51.6 Å². The normalized spacial score (nSPS) is 15.5. The molecule has 0 N–H and O–H groups in total. The van der Waals surface area contributed by atoms with Gasteiger partial charge in [0.05, 0.1) is 30.9 Å². The summed E-state index contributed by atoms with van der Waals surface area (Å²) in [7, 11) is 2.15. The lowest BCUT2D eigenvalue weighted by atomic mass is 10.0. The molecule has 5 rings (SSSR count). The zero-order valence-electron chi connectivity index (χ0n) is 17.1. The van der Waals surface area contributed by atoms with Crippen LogP contribution in [0.1, 0.15) is 12.0 Å². The molecule has 0 amide bonds. The fraction of sp³-hybridized carbons (Fsp3) is 0.375. The van der Waals surface area contributed by atoms with Gasteiger partial charge >= 0.3 is 0 Å². The van der Waals surface area contributed by atoms with Gasteiger partial charge in [0.2, 0.25) is 0 Å². The summed E-state index contributed by atoms with van der Waals surface area (Å²) >= 11 is 0. The number of hydrogen-bond donors (Lipinski definition) is 0. The van der Waals surface area contributed by atoms with Crippen LogP contribution >= 0.6 is 0 Å². The highest BCUT2D eigenvalue weighted by Crippen LogP contribution is 2.39. The smallest absolute Gasteiger partial charge is 0.129 e. The van der Waals surface area contributed by atoms with Crippen LogP contribution in [0.2, 0.25) is 0 Å². The summed E-state index contributed by atoms with van der Waals surface area (Å²) in [5.41, 5.74) is 3.76. The Morgan fingerprint density at radius 3 is 2.86 bits per heavy atom. The van der Waals surface area contributed by atoms with E-state index in [1.165, 1.54) is 38.1 Å². The summed E-state index contributed by atoms with van der Waals surface area (Å²) in [6, 6.07) is 10.7. The zero-order chi connectivity index (χ0) is 19.8. The molecule has 3 heterocycles. The molecule has 5 nitrogen and oxygen atoms in total. The van der Waals surface area contributed by atoms with Gasteiger partial charge in [0.1, 0.15) is 5.75 Å². The highest BCUT2D eigenvalue weighted by Gasteiger charge is 2.16. The first-order chi connectivity index (χ1) is 14.2. The van der Waals surface area contributed by atoms with Gasteiger partial charge in [0, 0.05) is 55.2 Å². The summed E-state index contributed by atoms with van der Waals surface area (Å²) in [4.78, 5) is 6.78. The standard InChI is InChI=1S/C24H27N3O2/c1-17-19-7-8-25-16-18(19)15-20-23-21(26(2)24(17)20)5-3-6-22(23)29-12-4-9-27-10-13-28-14-11-27/h3,5-8,15-16H,4,9-14H2,1-2H3. The molecule has 2 aromatic heterocycles. The largest absolute Gasteiger partial charge is 0.493 e. The second-order valence-electron chi connectivity index (χ2n) is 7.86. The van der Waals surface area contributed by atoms with Gasteiger partial charge in [0.25, 0.3) is 0 Å². The molecular formula is C24H27N3O2. The first-order valence-electron chi connectivity index (χ1n) is 10.4. The van der Waals surface area contributed by atoms with E-state index in [4.69, 9.17) is 9.47 Å². The van der Waals surface area contributed by atoms with Crippen LogP contribution in [0.4, 0.5) is 0 Å². The SMILES string of the molecule is Cc1c2ccncc2cc2c3c(OCCCN4CCOCC4)cccc3n(C)c12. The molecule has 150 valence electrons. The lowest BCUT2D eigenvalue weighted by Gasteiger charge is -2.26. The molecule has 1 fully saturated rings. The van der Waals surface area contributed by atoms with Gasteiger partial charge in [0.15, 0.2) is 0 Å². The topological polar surface area (TPSA) is 39.5 Å². The number of rotatable bonds is 5. The van der Waals surface area contributed by atoms with Crippen molar-refractivity contribution in [3.63, 3.8) is 0 Å². The maximum atomic E-state index is 6.30. The van der Waals surface area contributed by atoms with Crippen molar-refractivity contribution in [2.45, 2.75) is 13.3 Å². The quantitative estimate of drug-likeness (QED) is 0.478. The van der Waals surface area contributed by atoms with Gasteiger partial charge in [-0.15, -0.1) is 0 Å². The van der Waals surface area contributed by atoms with Crippen molar-refractivity contribution in [2.75, 3.05) is 39.5 Å². The maximum Gasteiger partial charge on any atom is 0.129 e. The number of ether oxygens (including phenoxy) is 2. The van der Waals surface area contributed by atoms with Crippen LogP contribution in [0.3, 0.4) is 0 Å². The molecule has 1 aliphatic rings. The minimum atomic E-state index is 0.723. The number of aryl methyl sites for hydroxylation is 2. The number of morpholine rings is 1. The molecule has 1 saturated heterocycles. The van der Waals surface area contributed by atoms with E-state index in [2.05, 4.69) is 58.8 Å². The Balaban J connectivity index is 1.49. The minimum Gasteiger partial charge on any atom is -0.493 e. The Kier molecular flexibility index (Phi) is 4.86. The summed E-state index contributed by atoms with van der Waals surface area (Å²) in [5, 5.41) is 4.87. The van der Waals surface area contributed by atoms with Crippen molar-refractivity contribution in [3.8, 4) is 5.75 Å². The predicted octanol–water partition coefficient (Wildman–Crippen LogP) is 4.29. The molecule has 0 saturated carbocycles. The number of nitrogens with zero attached hydrogens (tertiary/aromatic N) is 3. The average Bonchev–Trinajstić information content (AvgIpc) is 3.05. The fourth-order valence-electron chi connectivity index (χ4n) is 4.64. The molecule has 29 heavy (non-hydrogen) atoms. The van der Waals surface area contributed by atoms with E-state index < -0.39 is 0 Å². The van der Waals surface area contributed by atoms with E-state index >= 15 is 0 Å². The Labute approximate surface area is 170 Å². The monoisotopic (exact) mass is 389 g/mol. The predicted molar refractivity (Wildman–Crippen MR) is 118 cm³/mol. The summed E-state index contributed by atoms with van der Waals surface area (Å²) < 4.78 is 14.0. The Morgan fingerprint density at radius 1 is 1.14 bits per heavy atom. The maximum absolute atomic E-state index is 6.30. The number of pyridine rings is 1. The van der Waals surface area contributed by atoms with Crippen LogP contribution in [0.15, 0.2) is 42.7 Å². The van der Waals surface area contributed by atoms with Crippen molar-refractivity contribution in [2.24, 2.45) is 7.05 Å². The Morgan fingerprint density at radius 2 is 2.00 bits per heavy atom. The van der Waals surface area contributed by atoms with Gasteiger partial charge in [-0.25, -0.2) is 0 Å². The van der Waals surface area contributed by atoms with E-state index in [0.29, 0.717) is 0 Å². The number of hydrogen-bond acceptors (Lipinski definition) is 4. The highest BCUT2D eigenvalue weighted by molar-refractivity contribution is 6.16. The third-order valence-electron chi connectivity index (χ3n) is 6.12. The van der Waals surface area contributed by atoms with Crippen LogP contribution in [-0.2, 0) is 11.8 Å². The molecule has 2 aromatic carbocycles. The van der Waals surface area contributed by atoms with Crippen LogP contribution in [0.25, 0.3) is 32.6 Å². The van der Waals surface area contributed by atoms with Crippen LogP contribution < -0.4 is 4.74 Å². The van der Waals surface area contributed by atoms with Gasteiger partial charge in [-0.3, -0.25) is 9.88 Å². The van der Waals surface area contributed by atoms with Crippen molar-refractivity contribution < 1.29 is 9.47 Å². The Hall–Kier alpha value is -2.63. The number of aromatic nitrogens is 2. The van der Waals surface area contributed by atoms with Crippen molar-refractivity contribution >= 4 is 32.6 Å². The molecule has 4 aromatic rings. The number of benzene rings is 2. The van der Waals surface area contributed by atoms with Gasteiger partial charge in [-0.05, 0) is 48.6 Å². The first-order valence-corrected chi connectivity index (χ1v) is 10.4. The molecule has 0 atom stereocenters. The van der Waals surface area contributed by atoms with Crippen LogP contribution in [-0.4, -0.2) is 53.9 Å². The average molecular weight is 389 g/mol. The third-order valence-corrected chi connectivity index (χ3v) is 6.12. The van der Waals surface area contributed by atoms with E-state index in [1.807, 2.05) is 12.4 Å². The van der Waals surface area contributed by atoms with Crippen molar-refractivity contribution in [1.82, 2.24) is 14.5 Å². The summed E-state index contributed by atoms with van der Waals surface area (Å²) in [6.07, 6.45) is 4.84. The molecule has 0 bridgehead atoms. The van der Waals surface area contributed by atoms with Gasteiger partial charge in [-0.2, -0.15) is 0 Å². The van der Waals surface area contributed by atoms with Gasteiger partial charge < -0.3 is 14.0 Å². The van der Waals surface area contributed by atoms with E-state index in [9.17, 15) is 0 Å².